The van der Waals surface area contributed by atoms with E-state index in [4.69, 9.17) is 21.9 Å². The van der Waals surface area contributed by atoms with Crippen molar-refractivity contribution in [2.24, 2.45) is 0 Å². The molecule has 0 aliphatic carbocycles. The topological polar surface area (TPSA) is 63.2 Å². The molecular formula is C23H19N3O2S2. The molecule has 0 aliphatic heterocycles. The van der Waals surface area contributed by atoms with Crippen molar-refractivity contribution in [1.82, 2.24) is 10.3 Å². The quantitative estimate of drug-likeness (QED) is 0.422. The molecule has 150 valence electrons. The van der Waals surface area contributed by atoms with Crippen molar-refractivity contribution >= 4 is 50.5 Å². The van der Waals surface area contributed by atoms with Gasteiger partial charge >= 0.3 is 0 Å². The van der Waals surface area contributed by atoms with Crippen LogP contribution in [0.2, 0.25) is 0 Å². The number of aryl methyl sites for hydroxylation is 1. The molecule has 1 amide bonds. The lowest BCUT2D eigenvalue weighted by atomic mass is 10.1. The Morgan fingerprint density at radius 2 is 1.90 bits per heavy atom. The molecule has 30 heavy (non-hydrogen) atoms. The fourth-order valence-corrected chi connectivity index (χ4v) is 4.14. The molecule has 7 heteroatoms. The third-order valence-electron chi connectivity index (χ3n) is 4.59. The van der Waals surface area contributed by atoms with Crippen LogP contribution in [-0.2, 0) is 0 Å². The average Bonchev–Trinajstić information content (AvgIpc) is 3.19. The molecule has 0 fully saturated rings. The summed E-state index contributed by atoms with van der Waals surface area (Å²) in [7, 11) is 1.56. The van der Waals surface area contributed by atoms with Crippen molar-refractivity contribution in [2.75, 3.05) is 12.4 Å². The van der Waals surface area contributed by atoms with E-state index in [1.165, 1.54) is 0 Å². The predicted octanol–water partition coefficient (Wildman–Crippen LogP) is 5.41. The number of thiazole rings is 1. The maximum Gasteiger partial charge on any atom is 0.257 e. The number of thiocarbonyl (C=S) groups is 1. The highest BCUT2D eigenvalue weighted by Gasteiger charge is 2.12. The van der Waals surface area contributed by atoms with Gasteiger partial charge in [-0.25, -0.2) is 4.98 Å². The zero-order valence-electron chi connectivity index (χ0n) is 16.4. The smallest absolute Gasteiger partial charge is 0.257 e. The van der Waals surface area contributed by atoms with Gasteiger partial charge in [0, 0.05) is 16.8 Å². The summed E-state index contributed by atoms with van der Waals surface area (Å²) in [6, 6.07) is 21.0. The highest BCUT2D eigenvalue weighted by Crippen LogP contribution is 2.32. The summed E-state index contributed by atoms with van der Waals surface area (Å²) < 4.78 is 6.31. The Hall–Kier alpha value is -3.29. The molecular weight excluding hydrogens is 414 g/mol. The normalized spacial score (nSPS) is 10.6. The molecule has 0 saturated heterocycles. The molecule has 4 aromatic rings. The Kier molecular flexibility index (Phi) is 5.74. The Bertz CT molecular complexity index is 1220. The Balaban J connectivity index is 1.51. The fraction of sp³-hybridized carbons (Fsp3) is 0.0870. The second-order valence-corrected chi connectivity index (χ2v) is 8.10. The number of carbonyl (C=O) groups is 1. The van der Waals surface area contributed by atoms with Gasteiger partial charge in [0.25, 0.3) is 5.91 Å². The number of aromatic nitrogens is 1. The zero-order chi connectivity index (χ0) is 21.1. The zero-order valence-corrected chi connectivity index (χ0v) is 18.1. The van der Waals surface area contributed by atoms with Crippen molar-refractivity contribution in [2.45, 2.75) is 6.92 Å². The van der Waals surface area contributed by atoms with Crippen molar-refractivity contribution < 1.29 is 9.53 Å². The first-order chi connectivity index (χ1) is 14.5. The van der Waals surface area contributed by atoms with E-state index in [2.05, 4.69) is 16.7 Å². The van der Waals surface area contributed by atoms with Crippen LogP contribution >= 0.6 is 23.6 Å². The molecule has 0 spiro atoms. The van der Waals surface area contributed by atoms with Gasteiger partial charge in [-0.15, -0.1) is 11.3 Å². The lowest BCUT2D eigenvalue weighted by molar-refractivity contribution is 0.0977. The third kappa shape index (κ3) is 4.32. The molecule has 0 unspecified atom stereocenters. The van der Waals surface area contributed by atoms with E-state index in [9.17, 15) is 4.79 Å². The van der Waals surface area contributed by atoms with Gasteiger partial charge in [-0.2, -0.15) is 0 Å². The number of anilines is 1. The van der Waals surface area contributed by atoms with Crippen LogP contribution in [-0.4, -0.2) is 23.1 Å². The molecule has 5 nitrogen and oxygen atoms in total. The van der Waals surface area contributed by atoms with Crippen molar-refractivity contribution in [3.8, 4) is 16.3 Å². The third-order valence-corrected chi connectivity index (χ3v) is 5.88. The molecule has 0 aliphatic rings. The summed E-state index contributed by atoms with van der Waals surface area (Å²) in [6.07, 6.45) is 0. The molecule has 0 bridgehead atoms. The molecule has 3 aromatic carbocycles. The standard InChI is InChI=1S/C23H19N3O2S2/c1-14-10-11-16(22-24-18-8-3-4-9-20(18)30-22)13-19(14)25-23(29)26-21(27)15-6-5-7-17(12-15)28-2/h3-13H,1-2H3,(H2,25,26,27,29). The maximum absolute atomic E-state index is 12.5. The van der Waals surface area contributed by atoms with Crippen LogP contribution in [0.15, 0.2) is 66.7 Å². The molecule has 0 saturated carbocycles. The number of methoxy groups -OCH3 is 1. The van der Waals surface area contributed by atoms with Gasteiger partial charge < -0.3 is 10.1 Å². The number of hydrogen-bond donors (Lipinski definition) is 2. The molecule has 1 heterocycles. The van der Waals surface area contributed by atoms with Crippen molar-refractivity contribution in [3.63, 3.8) is 0 Å². The number of hydrogen-bond acceptors (Lipinski definition) is 5. The van der Waals surface area contributed by atoms with Gasteiger partial charge in [0.15, 0.2) is 5.11 Å². The number of para-hydroxylation sites is 1. The number of nitrogens with zero attached hydrogens (tertiary/aromatic N) is 1. The molecule has 2 N–H and O–H groups in total. The number of amides is 1. The average molecular weight is 434 g/mol. The second kappa shape index (κ2) is 8.61. The lowest BCUT2D eigenvalue weighted by Crippen LogP contribution is -2.34. The highest BCUT2D eigenvalue weighted by atomic mass is 32.1. The largest absolute Gasteiger partial charge is 0.497 e. The van der Waals surface area contributed by atoms with Crippen LogP contribution in [0.4, 0.5) is 5.69 Å². The van der Waals surface area contributed by atoms with Crippen LogP contribution in [0.1, 0.15) is 15.9 Å². The van der Waals surface area contributed by atoms with Crippen LogP contribution in [0.5, 0.6) is 5.75 Å². The van der Waals surface area contributed by atoms with E-state index in [1.807, 2.05) is 43.3 Å². The summed E-state index contributed by atoms with van der Waals surface area (Å²) in [5.41, 5.74) is 4.28. The van der Waals surface area contributed by atoms with Crippen LogP contribution in [0, 0.1) is 6.92 Å². The first-order valence-corrected chi connectivity index (χ1v) is 10.5. The van der Waals surface area contributed by atoms with Gasteiger partial charge in [0.1, 0.15) is 10.8 Å². The van der Waals surface area contributed by atoms with E-state index in [0.717, 1.165) is 32.0 Å². The minimum absolute atomic E-state index is 0.229. The van der Waals surface area contributed by atoms with Gasteiger partial charge in [0.2, 0.25) is 0 Å². The van der Waals surface area contributed by atoms with Crippen LogP contribution in [0.3, 0.4) is 0 Å². The molecule has 0 radical (unpaired) electrons. The summed E-state index contributed by atoms with van der Waals surface area (Å²) in [5, 5.41) is 7.01. The minimum Gasteiger partial charge on any atom is -0.497 e. The van der Waals surface area contributed by atoms with E-state index >= 15 is 0 Å². The number of fused-ring (bicyclic) bond motifs is 1. The van der Waals surface area contributed by atoms with Gasteiger partial charge in [0.05, 0.1) is 17.3 Å². The summed E-state index contributed by atoms with van der Waals surface area (Å²) >= 11 is 7.00. The van der Waals surface area contributed by atoms with E-state index in [0.29, 0.717) is 11.3 Å². The number of rotatable bonds is 4. The number of nitrogens with one attached hydrogen (secondary N) is 2. The van der Waals surface area contributed by atoms with Crippen LogP contribution < -0.4 is 15.4 Å². The number of benzene rings is 3. The van der Waals surface area contributed by atoms with E-state index in [-0.39, 0.29) is 11.0 Å². The fourth-order valence-electron chi connectivity index (χ4n) is 2.98. The van der Waals surface area contributed by atoms with Crippen LogP contribution in [0.25, 0.3) is 20.8 Å². The predicted molar refractivity (Wildman–Crippen MR) is 126 cm³/mol. The van der Waals surface area contributed by atoms with Crippen molar-refractivity contribution in [3.05, 3.63) is 77.9 Å². The maximum atomic E-state index is 12.5. The Labute approximate surface area is 183 Å². The number of ether oxygens (including phenoxy) is 1. The van der Waals surface area contributed by atoms with Gasteiger partial charge in [-0.05, 0) is 61.1 Å². The minimum atomic E-state index is -0.300. The monoisotopic (exact) mass is 433 g/mol. The van der Waals surface area contributed by atoms with E-state index < -0.39 is 0 Å². The lowest BCUT2D eigenvalue weighted by Gasteiger charge is -2.13. The second-order valence-electron chi connectivity index (χ2n) is 6.66. The summed E-state index contributed by atoms with van der Waals surface area (Å²) in [5.74, 6) is 0.312. The molecule has 0 atom stereocenters. The SMILES string of the molecule is COc1cccc(C(=O)NC(=S)Nc2cc(-c3nc4ccccc4s3)ccc2C)c1. The van der Waals surface area contributed by atoms with Gasteiger partial charge in [-0.3, -0.25) is 10.1 Å². The highest BCUT2D eigenvalue weighted by molar-refractivity contribution is 7.80. The van der Waals surface area contributed by atoms with Gasteiger partial charge in [-0.1, -0.05) is 30.3 Å². The van der Waals surface area contributed by atoms with E-state index in [1.54, 1.807) is 42.7 Å². The Morgan fingerprint density at radius 3 is 2.70 bits per heavy atom. The first kappa shape index (κ1) is 20.0. The number of carbonyl (C=O) groups excluding carboxylic acids is 1. The summed E-state index contributed by atoms with van der Waals surface area (Å²) in [4.78, 5) is 17.2. The Morgan fingerprint density at radius 1 is 1.07 bits per heavy atom. The molecule has 4 rings (SSSR count). The van der Waals surface area contributed by atoms with Crippen molar-refractivity contribution in [1.29, 1.82) is 0 Å². The molecule has 1 aromatic heterocycles. The summed E-state index contributed by atoms with van der Waals surface area (Å²) in [6.45, 7) is 1.98. The first-order valence-electron chi connectivity index (χ1n) is 9.26.